The molecule has 0 heterocycles. The molecule has 6 N–H and O–H groups in total. The summed E-state index contributed by atoms with van der Waals surface area (Å²) in [5, 5.41) is 24.1. The zero-order chi connectivity index (χ0) is 25.4. The zero-order valence-electron chi connectivity index (χ0n) is 18.7. The molecule has 2 atom stereocenters. The summed E-state index contributed by atoms with van der Waals surface area (Å²) in [4.78, 5) is 43.2. The molecule has 0 bridgehead atoms. The molecule has 0 unspecified atom stereocenters. The number of benzene rings is 3. The maximum Gasteiger partial charge on any atom is 0.339 e. The van der Waals surface area contributed by atoms with E-state index in [-0.39, 0.29) is 18.6 Å². The second kappa shape index (κ2) is 11.8. The van der Waals surface area contributed by atoms with Crippen molar-refractivity contribution < 1.29 is 34.2 Å². The first-order valence-electron chi connectivity index (χ1n) is 10.8. The Morgan fingerprint density at radius 3 is 1.83 bits per heavy atom. The number of aliphatic carboxylic acids is 1. The molecule has 0 saturated heterocycles. The van der Waals surface area contributed by atoms with Crippen molar-refractivity contribution in [3.05, 3.63) is 90.0 Å². The number of carboxylic acids is 1. The second-order valence-corrected chi connectivity index (χ2v) is 9.76. The van der Waals surface area contributed by atoms with Gasteiger partial charge in [-0.3, -0.25) is 14.7 Å². The summed E-state index contributed by atoms with van der Waals surface area (Å²) in [5.74, 6) is -1.91. The minimum absolute atomic E-state index is 0.0283. The molecule has 0 aromatic heterocycles. The molecule has 0 aliphatic carbocycles. The summed E-state index contributed by atoms with van der Waals surface area (Å²) < 4.78 is 11.3. The molecule has 0 radical (unpaired) electrons. The van der Waals surface area contributed by atoms with Gasteiger partial charge in [-0.15, -0.1) is 0 Å². The fourth-order valence-corrected chi connectivity index (χ4v) is 3.98. The summed E-state index contributed by atoms with van der Waals surface area (Å²) in [5.41, 5.74) is 3.32. The molecule has 3 aromatic rings. The molecule has 0 fully saturated rings. The van der Waals surface area contributed by atoms with Crippen molar-refractivity contribution in [2.75, 3.05) is 6.29 Å². The van der Waals surface area contributed by atoms with E-state index in [0.29, 0.717) is 11.1 Å². The number of rotatable bonds is 11. The van der Waals surface area contributed by atoms with Crippen molar-refractivity contribution in [1.82, 2.24) is 10.6 Å². The van der Waals surface area contributed by atoms with E-state index in [2.05, 4.69) is 10.6 Å². The molecular weight excluding hydrogens is 471 g/mol. The number of carbonyl (C=O) groups is 2. The van der Waals surface area contributed by atoms with Crippen LogP contribution in [0.25, 0.3) is 11.1 Å². The fraction of sp³-hybridized carbons (Fsp3) is 0.200. The van der Waals surface area contributed by atoms with E-state index in [0.717, 1.165) is 11.1 Å². The van der Waals surface area contributed by atoms with Crippen LogP contribution in [0.15, 0.2) is 78.9 Å². The van der Waals surface area contributed by atoms with Gasteiger partial charge in [-0.1, -0.05) is 66.7 Å². The van der Waals surface area contributed by atoms with E-state index >= 15 is 0 Å². The Labute approximate surface area is 202 Å². The molecule has 3 aromatic carbocycles. The Morgan fingerprint density at radius 1 is 0.771 bits per heavy atom. The summed E-state index contributed by atoms with van der Waals surface area (Å²) in [6.07, 6.45) is -0.688. The number of aromatic hydroxyl groups is 1. The number of hydrogen-bond donors (Lipinski definition) is 6. The molecule has 184 valence electrons. The lowest BCUT2D eigenvalue weighted by Gasteiger charge is -2.22. The SMILES string of the molecule is O=C(O)[C@H](Cc1ccc(-c2ccccc2)cc1)NC(=O)[C@H](Cc1ccc(O)cc1)NCP(=O)(O)O. The van der Waals surface area contributed by atoms with Crippen LogP contribution < -0.4 is 10.6 Å². The zero-order valence-corrected chi connectivity index (χ0v) is 19.6. The topological polar surface area (TPSA) is 156 Å². The predicted molar refractivity (Wildman–Crippen MR) is 131 cm³/mol. The normalized spacial score (nSPS) is 13.1. The maximum atomic E-state index is 12.9. The van der Waals surface area contributed by atoms with Crippen LogP contribution in [0.4, 0.5) is 0 Å². The molecule has 0 aliphatic heterocycles. The highest BCUT2D eigenvalue weighted by Crippen LogP contribution is 2.32. The number of hydrogen-bond acceptors (Lipinski definition) is 5. The average Bonchev–Trinajstić information content (AvgIpc) is 2.83. The van der Waals surface area contributed by atoms with E-state index in [1.54, 1.807) is 24.3 Å². The Bertz CT molecular complexity index is 1180. The van der Waals surface area contributed by atoms with Crippen LogP contribution in [0.2, 0.25) is 0 Å². The predicted octanol–water partition coefficient (Wildman–Crippen LogP) is 2.51. The van der Waals surface area contributed by atoms with Gasteiger partial charge in [-0.2, -0.15) is 0 Å². The number of phenolic OH excluding ortho intramolecular Hbond substituents is 1. The highest BCUT2D eigenvalue weighted by Gasteiger charge is 2.27. The van der Waals surface area contributed by atoms with Crippen molar-refractivity contribution in [2.45, 2.75) is 24.9 Å². The lowest BCUT2D eigenvalue weighted by Crippen LogP contribution is -2.52. The first kappa shape index (κ1) is 26.1. The van der Waals surface area contributed by atoms with Gasteiger partial charge in [0.05, 0.1) is 12.3 Å². The van der Waals surface area contributed by atoms with Crippen LogP contribution in [0, 0.1) is 0 Å². The third-order valence-electron chi connectivity index (χ3n) is 5.35. The molecule has 0 saturated carbocycles. The van der Waals surface area contributed by atoms with Gasteiger partial charge in [0.1, 0.15) is 11.8 Å². The smallest absolute Gasteiger partial charge is 0.339 e. The van der Waals surface area contributed by atoms with E-state index in [4.69, 9.17) is 0 Å². The fourth-order valence-electron chi connectivity index (χ4n) is 3.53. The van der Waals surface area contributed by atoms with Gasteiger partial charge >= 0.3 is 13.6 Å². The number of amides is 1. The lowest BCUT2D eigenvalue weighted by molar-refractivity contribution is -0.142. The minimum Gasteiger partial charge on any atom is -0.508 e. The van der Waals surface area contributed by atoms with Crippen molar-refractivity contribution in [3.8, 4) is 16.9 Å². The van der Waals surface area contributed by atoms with Crippen molar-refractivity contribution >= 4 is 19.5 Å². The summed E-state index contributed by atoms with van der Waals surface area (Å²) in [7, 11) is -4.46. The van der Waals surface area contributed by atoms with Crippen LogP contribution in [-0.4, -0.2) is 50.2 Å². The van der Waals surface area contributed by atoms with Crippen LogP contribution in [-0.2, 0) is 27.0 Å². The van der Waals surface area contributed by atoms with Crippen LogP contribution >= 0.6 is 7.60 Å². The first-order valence-corrected chi connectivity index (χ1v) is 12.6. The monoisotopic (exact) mass is 498 g/mol. The highest BCUT2D eigenvalue weighted by atomic mass is 31.2. The summed E-state index contributed by atoms with van der Waals surface area (Å²) in [6.45, 7) is 0. The standard InChI is InChI=1S/C25H27N2O7P/c28-21-12-8-18(9-13-21)14-22(26-16-35(32,33)34)24(29)27-23(25(30)31)15-17-6-10-20(11-7-17)19-4-2-1-3-5-19/h1-13,22-23,26,28H,14-16H2,(H,27,29)(H,30,31)(H2,32,33,34)/t22-,23-/m0/s1. The molecule has 0 spiro atoms. The number of carboxylic acid groups (broad SMARTS) is 1. The Morgan fingerprint density at radius 2 is 1.29 bits per heavy atom. The Hall–Kier alpha value is -3.49. The Kier molecular flexibility index (Phi) is 8.78. The first-order chi connectivity index (χ1) is 16.6. The van der Waals surface area contributed by atoms with Crippen LogP contribution in [0.1, 0.15) is 11.1 Å². The van der Waals surface area contributed by atoms with E-state index in [1.165, 1.54) is 12.1 Å². The van der Waals surface area contributed by atoms with Crippen LogP contribution in [0.3, 0.4) is 0 Å². The molecule has 35 heavy (non-hydrogen) atoms. The van der Waals surface area contributed by atoms with Gasteiger partial charge in [-0.25, -0.2) is 4.79 Å². The lowest BCUT2D eigenvalue weighted by atomic mass is 10.00. The molecule has 1 amide bonds. The van der Waals surface area contributed by atoms with Gasteiger partial charge in [-0.05, 0) is 40.8 Å². The molecule has 0 aliphatic rings. The minimum atomic E-state index is -4.46. The van der Waals surface area contributed by atoms with Crippen molar-refractivity contribution in [2.24, 2.45) is 0 Å². The third-order valence-corrected chi connectivity index (χ3v) is 5.95. The number of carbonyl (C=O) groups excluding carboxylic acids is 1. The van der Waals surface area contributed by atoms with Gasteiger partial charge in [0.15, 0.2) is 0 Å². The summed E-state index contributed by atoms with van der Waals surface area (Å²) >= 11 is 0. The van der Waals surface area contributed by atoms with E-state index in [1.807, 2.05) is 42.5 Å². The average molecular weight is 498 g/mol. The van der Waals surface area contributed by atoms with Gasteiger partial charge in [0.2, 0.25) is 5.91 Å². The third kappa shape index (κ3) is 8.35. The van der Waals surface area contributed by atoms with Crippen molar-refractivity contribution in [3.63, 3.8) is 0 Å². The van der Waals surface area contributed by atoms with Gasteiger partial charge < -0.3 is 25.3 Å². The molecular formula is C25H27N2O7P. The second-order valence-electron chi connectivity index (χ2n) is 8.12. The van der Waals surface area contributed by atoms with E-state index < -0.39 is 37.8 Å². The summed E-state index contributed by atoms with van der Waals surface area (Å²) in [6, 6.07) is 20.7. The van der Waals surface area contributed by atoms with Gasteiger partial charge in [0, 0.05) is 6.42 Å². The van der Waals surface area contributed by atoms with E-state index in [9.17, 15) is 34.2 Å². The molecule has 10 heteroatoms. The van der Waals surface area contributed by atoms with Crippen LogP contribution in [0.5, 0.6) is 5.75 Å². The quantitative estimate of drug-likeness (QED) is 0.220. The molecule has 9 nitrogen and oxygen atoms in total. The van der Waals surface area contributed by atoms with Gasteiger partial charge in [0.25, 0.3) is 0 Å². The molecule has 3 rings (SSSR count). The Balaban J connectivity index is 1.71. The number of phenols is 1. The maximum absolute atomic E-state index is 12.9. The number of nitrogens with one attached hydrogen (secondary N) is 2. The largest absolute Gasteiger partial charge is 0.508 e. The van der Waals surface area contributed by atoms with Crippen molar-refractivity contribution in [1.29, 1.82) is 0 Å². The highest BCUT2D eigenvalue weighted by molar-refractivity contribution is 7.51.